The quantitative estimate of drug-likeness (QED) is 0.863. The van der Waals surface area contributed by atoms with Crippen LogP contribution in [0.5, 0.6) is 5.75 Å². The molecule has 6 heteroatoms. The van der Waals surface area contributed by atoms with Crippen molar-refractivity contribution in [3.63, 3.8) is 0 Å². The number of nitrogens with two attached hydrogens (primary N) is 1. The molecule has 128 valence electrons. The molecule has 24 heavy (non-hydrogen) atoms. The first-order valence-electron chi connectivity index (χ1n) is 8.38. The van der Waals surface area contributed by atoms with Crippen molar-refractivity contribution in [3.05, 3.63) is 48.5 Å². The highest BCUT2D eigenvalue weighted by Crippen LogP contribution is 2.15. The van der Waals surface area contributed by atoms with E-state index in [9.17, 15) is 0 Å². The van der Waals surface area contributed by atoms with Crippen molar-refractivity contribution in [2.45, 2.75) is 13.0 Å². The van der Waals surface area contributed by atoms with E-state index in [2.05, 4.69) is 31.9 Å². The molecule has 1 atom stereocenters. The van der Waals surface area contributed by atoms with Crippen molar-refractivity contribution >= 4 is 5.69 Å². The van der Waals surface area contributed by atoms with E-state index in [1.165, 1.54) is 5.69 Å². The van der Waals surface area contributed by atoms with Crippen LogP contribution in [0.1, 0.15) is 5.56 Å². The maximum absolute atomic E-state index is 6.23. The predicted molar refractivity (Wildman–Crippen MR) is 95.3 cm³/mol. The summed E-state index contributed by atoms with van der Waals surface area (Å²) in [5.74, 6) is 0.785. The third-order valence-corrected chi connectivity index (χ3v) is 4.21. The Kier molecular flexibility index (Phi) is 5.61. The SMILES string of the molecule is Cc1cncc(OCC(N)CN2CCN(c3ccncc3)CC2)c1. The number of anilines is 1. The smallest absolute Gasteiger partial charge is 0.137 e. The van der Waals surface area contributed by atoms with Crippen LogP contribution in [0.15, 0.2) is 43.0 Å². The Morgan fingerprint density at radius 2 is 1.88 bits per heavy atom. The van der Waals surface area contributed by atoms with Gasteiger partial charge in [0.05, 0.1) is 12.2 Å². The van der Waals surface area contributed by atoms with E-state index in [0.29, 0.717) is 6.61 Å². The van der Waals surface area contributed by atoms with Gasteiger partial charge in [0, 0.05) is 57.0 Å². The van der Waals surface area contributed by atoms with Gasteiger partial charge in [0.15, 0.2) is 0 Å². The zero-order valence-electron chi connectivity index (χ0n) is 14.1. The average Bonchev–Trinajstić information content (AvgIpc) is 2.61. The fourth-order valence-electron chi connectivity index (χ4n) is 2.94. The fraction of sp³-hybridized carbons (Fsp3) is 0.444. The van der Waals surface area contributed by atoms with Crippen LogP contribution in [0.3, 0.4) is 0 Å². The summed E-state index contributed by atoms with van der Waals surface area (Å²) in [5, 5.41) is 0. The Hall–Kier alpha value is -2.18. The van der Waals surface area contributed by atoms with E-state index in [-0.39, 0.29) is 6.04 Å². The minimum absolute atomic E-state index is 0.00186. The second-order valence-electron chi connectivity index (χ2n) is 6.26. The Balaban J connectivity index is 1.41. The first-order valence-corrected chi connectivity index (χ1v) is 8.38. The molecule has 2 N–H and O–H groups in total. The van der Waals surface area contributed by atoms with Crippen LogP contribution in [-0.4, -0.2) is 60.2 Å². The summed E-state index contributed by atoms with van der Waals surface area (Å²) in [4.78, 5) is 13.0. The van der Waals surface area contributed by atoms with E-state index >= 15 is 0 Å². The summed E-state index contributed by atoms with van der Waals surface area (Å²) in [6.45, 7) is 7.42. The van der Waals surface area contributed by atoms with Gasteiger partial charge in [-0.25, -0.2) is 0 Å². The number of hydrogen-bond donors (Lipinski definition) is 1. The largest absolute Gasteiger partial charge is 0.490 e. The van der Waals surface area contributed by atoms with E-state index in [1.54, 1.807) is 6.20 Å². The van der Waals surface area contributed by atoms with Gasteiger partial charge in [-0.1, -0.05) is 0 Å². The highest BCUT2D eigenvalue weighted by Gasteiger charge is 2.19. The summed E-state index contributed by atoms with van der Waals surface area (Å²) >= 11 is 0. The molecule has 0 aromatic carbocycles. The van der Waals surface area contributed by atoms with Gasteiger partial charge < -0.3 is 15.4 Å². The topological polar surface area (TPSA) is 67.5 Å². The van der Waals surface area contributed by atoms with Crippen LogP contribution in [0.4, 0.5) is 5.69 Å². The van der Waals surface area contributed by atoms with Crippen LogP contribution in [0, 0.1) is 6.92 Å². The molecule has 0 amide bonds. The van der Waals surface area contributed by atoms with E-state index in [4.69, 9.17) is 10.5 Å². The van der Waals surface area contributed by atoms with Crippen LogP contribution in [0.25, 0.3) is 0 Å². The van der Waals surface area contributed by atoms with Crippen LogP contribution >= 0.6 is 0 Å². The highest BCUT2D eigenvalue weighted by atomic mass is 16.5. The molecule has 1 unspecified atom stereocenters. The number of aromatic nitrogens is 2. The maximum Gasteiger partial charge on any atom is 0.137 e. The molecule has 2 aromatic heterocycles. The van der Waals surface area contributed by atoms with Crippen molar-refractivity contribution in [3.8, 4) is 5.75 Å². The number of nitrogens with zero attached hydrogens (tertiary/aromatic N) is 4. The fourth-order valence-corrected chi connectivity index (χ4v) is 2.94. The minimum atomic E-state index is -0.00186. The molecular weight excluding hydrogens is 302 g/mol. The van der Waals surface area contributed by atoms with Crippen molar-refractivity contribution in [2.24, 2.45) is 5.73 Å². The third-order valence-electron chi connectivity index (χ3n) is 4.21. The van der Waals surface area contributed by atoms with Crippen molar-refractivity contribution < 1.29 is 4.74 Å². The van der Waals surface area contributed by atoms with Crippen LogP contribution < -0.4 is 15.4 Å². The summed E-state index contributed by atoms with van der Waals surface area (Å²) in [5.41, 5.74) is 8.56. The zero-order valence-corrected chi connectivity index (χ0v) is 14.1. The molecule has 0 radical (unpaired) electrons. The van der Waals surface area contributed by atoms with Crippen LogP contribution in [-0.2, 0) is 0 Å². The van der Waals surface area contributed by atoms with Gasteiger partial charge in [-0.2, -0.15) is 0 Å². The van der Waals surface area contributed by atoms with Gasteiger partial charge in [0.25, 0.3) is 0 Å². The van der Waals surface area contributed by atoms with Crippen LogP contribution in [0.2, 0.25) is 0 Å². The van der Waals surface area contributed by atoms with Gasteiger partial charge in [0.1, 0.15) is 12.4 Å². The van der Waals surface area contributed by atoms with Gasteiger partial charge in [-0.15, -0.1) is 0 Å². The molecule has 0 spiro atoms. The molecule has 0 saturated carbocycles. The monoisotopic (exact) mass is 327 g/mol. The molecule has 3 rings (SSSR count). The Morgan fingerprint density at radius 1 is 1.12 bits per heavy atom. The summed E-state index contributed by atoms with van der Waals surface area (Å²) < 4.78 is 5.75. The molecule has 0 bridgehead atoms. The number of rotatable bonds is 6. The molecule has 1 aliphatic heterocycles. The summed E-state index contributed by atoms with van der Waals surface area (Å²) in [6, 6.07) is 6.10. The molecule has 6 nitrogen and oxygen atoms in total. The lowest BCUT2D eigenvalue weighted by Crippen LogP contribution is -2.51. The van der Waals surface area contributed by atoms with Gasteiger partial charge in [0.2, 0.25) is 0 Å². The van der Waals surface area contributed by atoms with Gasteiger partial charge >= 0.3 is 0 Å². The molecule has 2 aromatic rings. The van der Waals surface area contributed by atoms with E-state index in [0.717, 1.165) is 44.0 Å². The molecule has 1 saturated heterocycles. The zero-order chi connectivity index (χ0) is 16.8. The molecular formula is C18H25N5O. The van der Waals surface area contributed by atoms with E-state index in [1.807, 2.05) is 31.6 Å². The van der Waals surface area contributed by atoms with Gasteiger partial charge in [-0.05, 0) is 30.7 Å². The number of hydrogen-bond acceptors (Lipinski definition) is 6. The van der Waals surface area contributed by atoms with Crippen molar-refractivity contribution in [2.75, 3.05) is 44.2 Å². The molecule has 1 fully saturated rings. The van der Waals surface area contributed by atoms with Gasteiger partial charge in [-0.3, -0.25) is 14.9 Å². The molecule has 0 aliphatic carbocycles. The average molecular weight is 327 g/mol. The van der Waals surface area contributed by atoms with E-state index < -0.39 is 0 Å². The normalized spacial score (nSPS) is 16.8. The summed E-state index contributed by atoms with van der Waals surface area (Å²) in [6.07, 6.45) is 7.23. The third kappa shape index (κ3) is 4.66. The standard InChI is InChI=1S/C18H25N5O/c1-15-10-18(12-21-11-15)24-14-16(19)13-22-6-8-23(9-7-22)17-2-4-20-5-3-17/h2-5,10-12,16H,6-9,13-14,19H2,1H3. The Bertz CT molecular complexity index is 628. The number of piperazine rings is 1. The summed E-state index contributed by atoms with van der Waals surface area (Å²) in [7, 11) is 0. The second kappa shape index (κ2) is 8.08. The first-order chi connectivity index (χ1) is 11.7. The number of aryl methyl sites for hydroxylation is 1. The van der Waals surface area contributed by atoms with Crippen molar-refractivity contribution in [1.29, 1.82) is 0 Å². The lowest BCUT2D eigenvalue weighted by atomic mass is 10.2. The molecule has 1 aliphatic rings. The Morgan fingerprint density at radius 3 is 2.58 bits per heavy atom. The maximum atomic E-state index is 6.23. The lowest BCUT2D eigenvalue weighted by Gasteiger charge is -2.37. The lowest BCUT2D eigenvalue weighted by molar-refractivity contribution is 0.204. The first kappa shape index (κ1) is 16.7. The number of pyridine rings is 2. The predicted octanol–water partition coefficient (Wildman–Crippen LogP) is 1.31. The minimum Gasteiger partial charge on any atom is -0.490 e. The number of ether oxygens (including phenoxy) is 1. The molecule has 3 heterocycles. The second-order valence-corrected chi connectivity index (χ2v) is 6.26. The van der Waals surface area contributed by atoms with Crippen molar-refractivity contribution in [1.82, 2.24) is 14.9 Å². The Labute approximate surface area is 143 Å². The highest BCUT2D eigenvalue weighted by molar-refractivity contribution is 5.44.